The van der Waals surface area contributed by atoms with Crippen molar-refractivity contribution in [3.63, 3.8) is 0 Å². The van der Waals surface area contributed by atoms with Crippen molar-refractivity contribution in [3.8, 4) is 5.69 Å². The van der Waals surface area contributed by atoms with Crippen molar-refractivity contribution in [1.82, 2.24) is 9.55 Å². The Morgan fingerprint density at radius 2 is 2.05 bits per heavy atom. The van der Waals surface area contributed by atoms with Crippen molar-refractivity contribution in [2.45, 2.75) is 12.5 Å². The maximum atomic E-state index is 6.35. The average Bonchev–Trinajstić information content (AvgIpc) is 3.08. The molecule has 2 atom stereocenters. The number of halogens is 2. The van der Waals surface area contributed by atoms with E-state index in [4.69, 9.17) is 33.7 Å². The minimum Gasteiger partial charge on any atom is -0.381 e. The topological polar surface area (TPSA) is 53.1 Å². The molecule has 1 aromatic heterocycles. The lowest BCUT2D eigenvalue weighted by Gasteiger charge is -2.19. The van der Waals surface area contributed by atoms with Gasteiger partial charge in [0.1, 0.15) is 0 Å². The molecule has 4 nitrogen and oxygen atoms in total. The van der Waals surface area contributed by atoms with Gasteiger partial charge < -0.3 is 15.0 Å². The molecule has 20 heavy (non-hydrogen) atoms. The smallest absolute Gasteiger partial charge is 0.0994 e. The van der Waals surface area contributed by atoms with Crippen molar-refractivity contribution in [2.24, 2.45) is 11.7 Å². The van der Waals surface area contributed by atoms with Crippen molar-refractivity contribution >= 4 is 23.2 Å². The number of benzene rings is 1. The highest BCUT2D eigenvalue weighted by atomic mass is 35.5. The third-order valence-electron chi connectivity index (χ3n) is 3.61. The predicted molar refractivity (Wildman–Crippen MR) is 79.4 cm³/mol. The lowest BCUT2D eigenvalue weighted by Crippen LogP contribution is -2.24. The molecule has 2 heterocycles. The Hall–Kier alpha value is -1.07. The summed E-state index contributed by atoms with van der Waals surface area (Å²) in [6, 6.07) is 5.28. The summed E-state index contributed by atoms with van der Waals surface area (Å²) in [5, 5.41) is 1.18. The Morgan fingerprint density at radius 1 is 1.30 bits per heavy atom. The van der Waals surface area contributed by atoms with Gasteiger partial charge >= 0.3 is 0 Å². The van der Waals surface area contributed by atoms with Crippen LogP contribution in [0.3, 0.4) is 0 Å². The lowest BCUT2D eigenvalue weighted by atomic mass is 9.97. The average molecular weight is 312 g/mol. The summed E-state index contributed by atoms with van der Waals surface area (Å²) < 4.78 is 7.34. The molecule has 3 rings (SSSR count). The maximum absolute atomic E-state index is 6.35. The predicted octanol–water partition coefficient (Wildman–Crippen LogP) is 3.22. The Kier molecular flexibility index (Phi) is 3.98. The van der Waals surface area contributed by atoms with Crippen molar-refractivity contribution in [2.75, 3.05) is 13.2 Å². The molecule has 2 unspecified atom stereocenters. The summed E-state index contributed by atoms with van der Waals surface area (Å²) in [7, 11) is 0. The quantitative estimate of drug-likeness (QED) is 0.947. The summed E-state index contributed by atoms with van der Waals surface area (Å²) in [4.78, 5) is 4.21. The van der Waals surface area contributed by atoms with E-state index in [2.05, 4.69) is 4.98 Å². The van der Waals surface area contributed by atoms with Crippen molar-refractivity contribution in [1.29, 1.82) is 0 Å². The summed E-state index contributed by atoms with van der Waals surface area (Å²) in [5.41, 5.74) is 8.16. The molecule has 0 saturated carbocycles. The molecular formula is C14H15Cl2N3O. The monoisotopic (exact) mass is 311 g/mol. The van der Waals surface area contributed by atoms with E-state index in [9.17, 15) is 0 Å². The Morgan fingerprint density at radius 3 is 2.70 bits per heavy atom. The molecule has 1 aliphatic rings. The Bertz CT molecular complexity index is 588. The summed E-state index contributed by atoms with van der Waals surface area (Å²) >= 11 is 12.1. The highest BCUT2D eigenvalue weighted by Gasteiger charge is 2.26. The van der Waals surface area contributed by atoms with Gasteiger partial charge in [-0.1, -0.05) is 23.2 Å². The highest BCUT2D eigenvalue weighted by molar-refractivity contribution is 6.34. The van der Waals surface area contributed by atoms with Gasteiger partial charge in [-0.3, -0.25) is 0 Å². The standard InChI is InChI=1S/C14H15Cl2N3O/c15-10-3-11(16)5-12(4-10)19-8-18-6-13(19)14(17)9-1-2-20-7-9/h3-6,8-9,14H,1-2,7,17H2. The van der Waals surface area contributed by atoms with Gasteiger partial charge in [-0.2, -0.15) is 0 Å². The fourth-order valence-electron chi connectivity index (χ4n) is 2.52. The first-order valence-electron chi connectivity index (χ1n) is 6.47. The molecule has 0 amide bonds. The molecule has 1 saturated heterocycles. The second-order valence-electron chi connectivity index (χ2n) is 4.97. The zero-order valence-corrected chi connectivity index (χ0v) is 12.3. The third kappa shape index (κ3) is 2.69. The first kappa shape index (κ1) is 13.9. The van der Waals surface area contributed by atoms with Gasteiger partial charge in [0.25, 0.3) is 0 Å². The minimum atomic E-state index is -0.113. The second kappa shape index (κ2) is 5.74. The highest BCUT2D eigenvalue weighted by Crippen LogP contribution is 2.29. The molecule has 1 aliphatic heterocycles. The van der Waals surface area contributed by atoms with Gasteiger partial charge in [-0.15, -0.1) is 0 Å². The van der Waals surface area contributed by atoms with Crippen LogP contribution in [0.1, 0.15) is 18.2 Å². The van der Waals surface area contributed by atoms with E-state index in [1.54, 1.807) is 18.6 Å². The molecule has 2 N–H and O–H groups in total. The molecular weight excluding hydrogens is 297 g/mol. The van der Waals surface area contributed by atoms with Gasteiger partial charge in [0, 0.05) is 28.3 Å². The molecule has 0 aliphatic carbocycles. The van der Waals surface area contributed by atoms with E-state index in [1.807, 2.05) is 16.7 Å². The maximum Gasteiger partial charge on any atom is 0.0994 e. The van der Waals surface area contributed by atoms with E-state index in [-0.39, 0.29) is 6.04 Å². The fourth-order valence-corrected chi connectivity index (χ4v) is 3.04. The SMILES string of the molecule is NC(c1cncn1-c1cc(Cl)cc(Cl)c1)C1CCOC1. The van der Waals surface area contributed by atoms with Gasteiger partial charge in [0.2, 0.25) is 0 Å². The number of aromatic nitrogens is 2. The molecule has 0 bridgehead atoms. The number of hydrogen-bond donors (Lipinski definition) is 1. The van der Waals surface area contributed by atoms with Gasteiger partial charge in [0.05, 0.1) is 30.9 Å². The van der Waals surface area contributed by atoms with Crippen LogP contribution in [-0.2, 0) is 4.74 Å². The van der Waals surface area contributed by atoms with E-state index in [0.717, 1.165) is 24.4 Å². The van der Waals surface area contributed by atoms with E-state index in [1.165, 1.54) is 0 Å². The van der Waals surface area contributed by atoms with Crippen LogP contribution in [0.5, 0.6) is 0 Å². The first-order chi connectivity index (χ1) is 9.65. The molecule has 1 aromatic carbocycles. The van der Waals surface area contributed by atoms with Crippen LogP contribution in [0.15, 0.2) is 30.7 Å². The van der Waals surface area contributed by atoms with E-state index >= 15 is 0 Å². The van der Waals surface area contributed by atoms with Crippen LogP contribution in [-0.4, -0.2) is 22.8 Å². The van der Waals surface area contributed by atoms with Crippen LogP contribution in [0.25, 0.3) is 5.69 Å². The molecule has 6 heteroatoms. The summed E-state index contributed by atoms with van der Waals surface area (Å²) in [5.74, 6) is 0.320. The number of nitrogens with zero attached hydrogens (tertiary/aromatic N) is 2. The number of ether oxygens (including phenoxy) is 1. The second-order valence-corrected chi connectivity index (χ2v) is 5.84. The summed E-state index contributed by atoms with van der Waals surface area (Å²) in [6.07, 6.45) is 4.49. The Balaban J connectivity index is 1.96. The molecule has 0 radical (unpaired) electrons. The normalized spacial score (nSPS) is 20.2. The third-order valence-corrected chi connectivity index (χ3v) is 4.04. The number of imidazole rings is 1. The molecule has 1 fully saturated rings. The van der Waals surface area contributed by atoms with Crippen LogP contribution in [0.4, 0.5) is 0 Å². The van der Waals surface area contributed by atoms with Crippen molar-refractivity contribution in [3.05, 3.63) is 46.5 Å². The number of rotatable bonds is 3. The molecule has 106 valence electrons. The zero-order valence-electron chi connectivity index (χ0n) is 10.8. The van der Waals surface area contributed by atoms with Crippen molar-refractivity contribution < 1.29 is 4.74 Å². The van der Waals surface area contributed by atoms with E-state index in [0.29, 0.717) is 22.6 Å². The Labute approximate surface area is 127 Å². The van der Waals surface area contributed by atoms with Crippen LogP contribution in [0.2, 0.25) is 10.0 Å². The first-order valence-corrected chi connectivity index (χ1v) is 7.23. The van der Waals surface area contributed by atoms with Gasteiger partial charge in [-0.05, 0) is 24.6 Å². The van der Waals surface area contributed by atoms with Gasteiger partial charge in [0.15, 0.2) is 0 Å². The number of hydrogen-bond acceptors (Lipinski definition) is 3. The van der Waals surface area contributed by atoms with Crippen LogP contribution < -0.4 is 5.73 Å². The van der Waals surface area contributed by atoms with Gasteiger partial charge in [-0.25, -0.2) is 4.98 Å². The molecule has 2 aromatic rings. The number of nitrogens with two attached hydrogens (primary N) is 1. The van der Waals surface area contributed by atoms with Crippen LogP contribution in [0, 0.1) is 5.92 Å². The summed E-state index contributed by atoms with van der Waals surface area (Å²) in [6.45, 7) is 1.47. The van der Waals surface area contributed by atoms with Crippen LogP contribution >= 0.6 is 23.2 Å². The molecule has 0 spiro atoms. The minimum absolute atomic E-state index is 0.113. The largest absolute Gasteiger partial charge is 0.381 e. The lowest BCUT2D eigenvalue weighted by molar-refractivity contribution is 0.180. The zero-order chi connectivity index (χ0) is 14.1. The fraction of sp³-hybridized carbons (Fsp3) is 0.357. The van der Waals surface area contributed by atoms with E-state index < -0.39 is 0 Å².